The van der Waals surface area contributed by atoms with Crippen LogP contribution in [-0.4, -0.2) is 37.4 Å². The summed E-state index contributed by atoms with van der Waals surface area (Å²) < 4.78 is 10.8. The van der Waals surface area contributed by atoms with Crippen molar-refractivity contribution in [3.63, 3.8) is 0 Å². The molecule has 0 aliphatic heterocycles. The third-order valence-corrected chi connectivity index (χ3v) is 4.26. The number of halogens is 1. The zero-order chi connectivity index (χ0) is 19.0. The quantitative estimate of drug-likeness (QED) is 0.496. The minimum absolute atomic E-state index is 0.00299. The molecule has 0 fully saturated rings. The third kappa shape index (κ3) is 7.25. The van der Waals surface area contributed by atoms with Crippen LogP contribution in [0.3, 0.4) is 0 Å². The molecule has 138 valence electrons. The summed E-state index contributed by atoms with van der Waals surface area (Å²) in [6, 6.07) is 5.08. The molecule has 1 aromatic rings. The summed E-state index contributed by atoms with van der Waals surface area (Å²) in [5, 5.41) is 2.74. The van der Waals surface area contributed by atoms with E-state index in [1.807, 2.05) is 20.8 Å². The van der Waals surface area contributed by atoms with Gasteiger partial charge in [-0.05, 0) is 31.0 Å². The SMILES string of the molecule is COc1ccc(Br)cc1C(=O)CCC(=O)OCC(=O)N[C@@H](C)C(C)C. The van der Waals surface area contributed by atoms with E-state index in [9.17, 15) is 14.4 Å². The maximum Gasteiger partial charge on any atom is 0.306 e. The molecule has 1 rings (SSSR count). The number of hydrogen-bond donors (Lipinski definition) is 1. The first-order chi connectivity index (χ1) is 11.7. The minimum Gasteiger partial charge on any atom is -0.496 e. The molecular formula is C18H24BrNO5. The summed E-state index contributed by atoms with van der Waals surface area (Å²) >= 11 is 3.30. The lowest BCUT2D eigenvalue weighted by atomic mass is 10.1. The van der Waals surface area contributed by atoms with Gasteiger partial charge in [0.2, 0.25) is 0 Å². The highest BCUT2D eigenvalue weighted by Crippen LogP contribution is 2.24. The Hall–Kier alpha value is -1.89. The van der Waals surface area contributed by atoms with Gasteiger partial charge < -0.3 is 14.8 Å². The van der Waals surface area contributed by atoms with Crippen molar-refractivity contribution in [2.75, 3.05) is 13.7 Å². The second kappa shape index (κ2) is 10.2. The lowest BCUT2D eigenvalue weighted by Gasteiger charge is -2.17. The van der Waals surface area contributed by atoms with Crippen molar-refractivity contribution in [1.82, 2.24) is 5.32 Å². The van der Waals surface area contributed by atoms with Crippen molar-refractivity contribution in [3.05, 3.63) is 28.2 Å². The van der Waals surface area contributed by atoms with Crippen LogP contribution in [0.2, 0.25) is 0 Å². The number of ether oxygens (including phenoxy) is 2. The highest BCUT2D eigenvalue weighted by Gasteiger charge is 2.16. The number of carbonyl (C=O) groups excluding carboxylic acids is 3. The predicted molar refractivity (Wildman–Crippen MR) is 97.7 cm³/mol. The third-order valence-electron chi connectivity index (χ3n) is 3.77. The van der Waals surface area contributed by atoms with Crippen LogP contribution in [0.4, 0.5) is 0 Å². The van der Waals surface area contributed by atoms with Crippen molar-refractivity contribution >= 4 is 33.6 Å². The van der Waals surface area contributed by atoms with Gasteiger partial charge in [0.25, 0.3) is 5.91 Å². The Morgan fingerprint density at radius 2 is 1.84 bits per heavy atom. The van der Waals surface area contributed by atoms with E-state index in [2.05, 4.69) is 21.2 Å². The number of esters is 1. The van der Waals surface area contributed by atoms with E-state index in [0.717, 1.165) is 4.47 Å². The van der Waals surface area contributed by atoms with E-state index in [1.165, 1.54) is 7.11 Å². The van der Waals surface area contributed by atoms with Gasteiger partial charge in [-0.1, -0.05) is 29.8 Å². The molecule has 1 atom stereocenters. The number of rotatable bonds is 9. The van der Waals surface area contributed by atoms with Gasteiger partial charge in [-0.3, -0.25) is 14.4 Å². The maximum atomic E-state index is 12.3. The van der Waals surface area contributed by atoms with Crippen LogP contribution in [0, 0.1) is 5.92 Å². The molecule has 1 aromatic carbocycles. The fourth-order valence-electron chi connectivity index (χ4n) is 1.93. The summed E-state index contributed by atoms with van der Waals surface area (Å²) in [6.45, 7) is 5.51. The fraction of sp³-hybridized carbons (Fsp3) is 0.500. The number of amides is 1. The molecular weight excluding hydrogens is 390 g/mol. The molecule has 0 spiro atoms. The number of ketones is 1. The molecule has 0 saturated carbocycles. The van der Waals surface area contributed by atoms with Crippen LogP contribution < -0.4 is 10.1 Å². The molecule has 7 heteroatoms. The summed E-state index contributed by atoms with van der Waals surface area (Å²) in [5.74, 6) is -0.432. The Labute approximate surface area is 156 Å². The number of nitrogens with one attached hydrogen (secondary N) is 1. The molecule has 0 radical (unpaired) electrons. The Balaban J connectivity index is 2.45. The first kappa shape index (κ1) is 21.2. The van der Waals surface area contributed by atoms with E-state index in [4.69, 9.17) is 9.47 Å². The summed E-state index contributed by atoms with van der Waals surface area (Å²) in [7, 11) is 1.48. The number of carbonyl (C=O) groups is 3. The minimum atomic E-state index is -0.588. The summed E-state index contributed by atoms with van der Waals surface area (Å²) in [4.78, 5) is 35.6. The first-order valence-electron chi connectivity index (χ1n) is 8.06. The number of benzene rings is 1. The average Bonchev–Trinajstić information content (AvgIpc) is 2.57. The van der Waals surface area contributed by atoms with Crippen LogP contribution in [0.15, 0.2) is 22.7 Å². The molecule has 0 bridgehead atoms. The largest absolute Gasteiger partial charge is 0.496 e. The van der Waals surface area contributed by atoms with Crippen LogP contribution in [0.25, 0.3) is 0 Å². The van der Waals surface area contributed by atoms with Crippen molar-refractivity contribution in [2.45, 2.75) is 39.7 Å². The van der Waals surface area contributed by atoms with Gasteiger partial charge in [-0.25, -0.2) is 0 Å². The number of Topliss-reactive ketones (excluding diaryl/α,β-unsaturated/α-hetero) is 1. The lowest BCUT2D eigenvalue weighted by Crippen LogP contribution is -2.38. The van der Waals surface area contributed by atoms with Crippen molar-refractivity contribution < 1.29 is 23.9 Å². The van der Waals surface area contributed by atoms with Gasteiger partial charge >= 0.3 is 5.97 Å². The zero-order valence-electron chi connectivity index (χ0n) is 14.9. The van der Waals surface area contributed by atoms with Crippen molar-refractivity contribution in [3.8, 4) is 5.75 Å². The second-order valence-corrected chi connectivity index (χ2v) is 6.94. The number of methoxy groups -OCH3 is 1. The molecule has 0 heterocycles. The van der Waals surface area contributed by atoms with E-state index in [1.54, 1.807) is 18.2 Å². The smallest absolute Gasteiger partial charge is 0.306 e. The Morgan fingerprint density at radius 1 is 1.16 bits per heavy atom. The molecule has 0 saturated heterocycles. The van der Waals surface area contributed by atoms with E-state index in [-0.39, 0.29) is 43.1 Å². The predicted octanol–water partition coefficient (Wildman–Crippen LogP) is 3.12. The van der Waals surface area contributed by atoms with Gasteiger partial charge in [0.05, 0.1) is 19.1 Å². The van der Waals surface area contributed by atoms with Gasteiger partial charge in [0.15, 0.2) is 12.4 Å². The van der Waals surface area contributed by atoms with E-state index >= 15 is 0 Å². The summed E-state index contributed by atoms with van der Waals surface area (Å²) in [6.07, 6.45) is -0.114. The topological polar surface area (TPSA) is 81.7 Å². The molecule has 0 aliphatic rings. The van der Waals surface area contributed by atoms with E-state index < -0.39 is 5.97 Å². The monoisotopic (exact) mass is 413 g/mol. The molecule has 0 aliphatic carbocycles. The van der Waals surface area contributed by atoms with Crippen molar-refractivity contribution in [2.24, 2.45) is 5.92 Å². The second-order valence-electron chi connectivity index (χ2n) is 6.03. The van der Waals surface area contributed by atoms with Crippen LogP contribution in [-0.2, 0) is 14.3 Å². The van der Waals surface area contributed by atoms with E-state index in [0.29, 0.717) is 11.3 Å². The van der Waals surface area contributed by atoms with Gasteiger partial charge in [-0.15, -0.1) is 0 Å². The Kier molecular flexibility index (Phi) is 8.61. The molecule has 6 nitrogen and oxygen atoms in total. The lowest BCUT2D eigenvalue weighted by molar-refractivity contribution is -0.148. The highest BCUT2D eigenvalue weighted by atomic mass is 79.9. The average molecular weight is 414 g/mol. The number of hydrogen-bond acceptors (Lipinski definition) is 5. The van der Waals surface area contributed by atoms with Crippen LogP contribution >= 0.6 is 15.9 Å². The van der Waals surface area contributed by atoms with Crippen molar-refractivity contribution in [1.29, 1.82) is 0 Å². The summed E-state index contributed by atoms with van der Waals surface area (Å²) in [5.41, 5.74) is 0.396. The van der Waals surface area contributed by atoms with Crippen LogP contribution in [0.1, 0.15) is 44.0 Å². The maximum absolute atomic E-state index is 12.3. The van der Waals surface area contributed by atoms with Gasteiger partial charge in [-0.2, -0.15) is 0 Å². The first-order valence-corrected chi connectivity index (χ1v) is 8.85. The molecule has 0 unspecified atom stereocenters. The zero-order valence-corrected chi connectivity index (χ0v) is 16.5. The van der Waals surface area contributed by atoms with Crippen LogP contribution in [0.5, 0.6) is 5.75 Å². The highest BCUT2D eigenvalue weighted by molar-refractivity contribution is 9.10. The molecule has 1 amide bonds. The molecule has 0 aromatic heterocycles. The molecule has 1 N–H and O–H groups in total. The normalized spacial score (nSPS) is 11.8. The Morgan fingerprint density at radius 3 is 2.44 bits per heavy atom. The molecule has 25 heavy (non-hydrogen) atoms. The van der Waals surface area contributed by atoms with Gasteiger partial charge in [0.1, 0.15) is 5.75 Å². The fourth-order valence-corrected chi connectivity index (χ4v) is 2.29. The standard InChI is InChI=1S/C18H24BrNO5/c1-11(2)12(3)20-17(22)10-25-18(23)8-6-15(21)14-9-13(19)5-7-16(14)24-4/h5,7,9,11-12H,6,8,10H2,1-4H3,(H,20,22)/t12-/m0/s1. The van der Waals surface area contributed by atoms with Gasteiger partial charge in [0, 0.05) is 16.9 Å². The Bertz CT molecular complexity index is 630.